The Bertz CT molecular complexity index is 554. The molecule has 0 spiro atoms. The molecular formula is C12H9NO4S. The second-order valence-corrected chi connectivity index (χ2v) is 5.05. The van der Waals surface area contributed by atoms with Crippen molar-refractivity contribution < 1.29 is 19.4 Å². The molecule has 1 aromatic rings. The number of para-hydroxylation sites is 1. The van der Waals surface area contributed by atoms with E-state index < -0.39 is 5.97 Å². The zero-order valence-electron chi connectivity index (χ0n) is 9.20. The fraction of sp³-hybridized carbons (Fsp3) is 0.167. The largest absolute Gasteiger partial charge is 0.476 e. The maximum atomic E-state index is 11.4. The summed E-state index contributed by atoms with van der Waals surface area (Å²) in [6.07, 6.45) is 0.364. The molecule has 5 nitrogen and oxygen atoms in total. The minimum absolute atomic E-state index is 0.0508. The van der Waals surface area contributed by atoms with Gasteiger partial charge in [0.25, 0.3) is 0 Å². The van der Waals surface area contributed by atoms with Gasteiger partial charge in [-0.05, 0) is 12.1 Å². The molecule has 6 heteroatoms. The van der Waals surface area contributed by atoms with Crippen LogP contribution >= 0.6 is 11.8 Å². The Kier molecular flexibility index (Phi) is 2.52. The lowest BCUT2D eigenvalue weighted by molar-refractivity contribution is -0.145. The van der Waals surface area contributed by atoms with Gasteiger partial charge in [-0.1, -0.05) is 30.0 Å². The van der Waals surface area contributed by atoms with Crippen LogP contribution < -0.4 is 4.74 Å². The zero-order chi connectivity index (χ0) is 12.7. The van der Waals surface area contributed by atoms with Gasteiger partial charge in [-0.25, -0.2) is 4.79 Å². The number of β-lactam (4-membered cyclic amide) rings is 1. The van der Waals surface area contributed by atoms with Gasteiger partial charge in [0, 0.05) is 0 Å². The summed E-state index contributed by atoms with van der Waals surface area (Å²) < 4.78 is 5.55. The summed E-state index contributed by atoms with van der Waals surface area (Å²) in [5, 5.41) is 9.32. The van der Waals surface area contributed by atoms with Gasteiger partial charge in [-0.3, -0.25) is 9.69 Å². The number of hydrogen-bond acceptors (Lipinski definition) is 4. The molecule has 2 aliphatic heterocycles. The molecule has 1 N–H and O–H groups in total. The Balaban J connectivity index is 1.91. The third kappa shape index (κ3) is 1.65. The first-order valence-corrected chi connectivity index (χ1v) is 6.24. The molecule has 92 valence electrons. The van der Waals surface area contributed by atoms with Crippen LogP contribution in [0.15, 0.2) is 41.1 Å². The highest BCUT2D eigenvalue weighted by molar-refractivity contribution is 8.03. The number of carbonyl (C=O) groups excluding carboxylic acids is 1. The lowest BCUT2D eigenvalue weighted by Gasteiger charge is -2.33. The van der Waals surface area contributed by atoms with E-state index in [0.29, 0.717) is 12.2 Å². The number of carboxylic acid groups (broad SMARTS) is 1. The van der Waals surface area contributed by atoms with Crippen molar-refractivity contribution in [1.82, 2.24) is 4.90 Å². The molecule has 1 fully saturated rings. The highest BCUT2D eigenvalue weighted by atomic mass is 32.2. The summed E-state index contributed by atoms with van der Waals surface area (Å²) in [7, 11) is 0. The molecule has 0 aliphatic carbocycles. The van der Waals surface area contributed by atoms with E-state index in [1.165, 1.54) is 16.7 Å². The van der Waals surface area contributed by atoms with Gasteiger partial charge in [0.1, 0.15) is 5.75 Å². The Labute approximate surface area is 107 Å². The first-order valence-electron chi connectivity index (χ1n) is 5.36. The minimum atomic E-state index is -1.14. The summed E-state index contributed by atoms with van der Waals surface area (Å²) in [5.74, 6) is -0.741. The van der Waals surface area contributed by atoms with E-state index in [4.69, 9.17) is 9.84 Å². The SMILES string of the molecule is O=C(O)C1=C(Oc2ccccc2)SC2CC(=O)N12. The van der Waals surface area contributed by atoms with Crippen molar-refractivity contribution in [3.05, 3.63) is 41.1 Å². The Hall–Kier alpha value is -1.95. The molecule has 2 heterocycles. The minimum Gasteiger partial charge on any atom is -0.476 e. The van der Waals surface area contributed by atoms with Crippen LogP contribution in [0.25, 0.3) is 0 Å². The summed E-state index contributed by atoms with van der Waals surface area (Å²) in [5.41, 5.74) is -0.0508. The third-order valence-corrected chi connectivity index (χ3v) is 3.88. The number of nitrogens with zero attached hydrogens (tertiary/aromatic N) is 1. The van der Waals surface area contributed by atoms with Crippen molar-refractivity contribution in [1.29, 1.82) is 0 Å². The van der Waals surface area contributed by atoms with Gasteiger partial charge in [0.05, 0.1) is 11.8 Å². The number of hydrogen-bond donors (Lipinski definition) is 1. The molecule has 1 aromatic carbocycles. The van der Waals surface area contributed by atoms with Gasteiger partial charge < -0.3 is 9.84 Å². The van der Waals surface area contributed by atoms with Crippen LogP contribution in [0.2, 0.25) is 0 Å². The van der Waals surface area contributed by atoms with Crippen LogP contribution in [-0.2, 0) is 9.59 Å². The fourth-order valence-electron chi connectivity index (χ4n) is 1.89. The van der Waals surface area contributed by atoms with Crippen molar-refractivity contribution >= 4 is 23.6 Å². The highest BCUT2D eigenvalue weighted by Gasteiger charge is 2.49. The Morgan fingerprint density at radius 1 is 1.39 bits per heavy atom. The number of amides is 1. The summed E-state index contributed by atoms with van der Waals surface area (Å²) >= 11 is 1.28. The standard InChI is InChI=1S/C12H9NO4S/c14-8-6-9-13(8)10(11(15)16)12(18-9)17-7-4-2-1-3-5-7/h1-5,9H,6H2,(H,15,16). The lowest BCUT2D eigenvalue weighted by atomic mass is 10.2. The summed E-state index contributed by atoms with van der Waals surface area (Å²) in [6.45, 7) is 0. The van der Waals surface area contributed by atoms with Gasteiger partial charge in [-0.2, -0.15) is 0 Å². The van der Waals surface area contributed by atoms with E-state index in [0.717, 1.165) is 0 Å². The molecule has 2 aliphatic rings. The molecule has 1 amide bonds. The maximum Gasteiger partial charge on any atom is 0.357 e. The second kappa shape index (κ2) is 4.06. The lowest BCUT2D eigenvalue weighted by Crippen LogP contribution is -2.48. The van der Waals surface area contributed by atoms with Gasteiger partial charge in [-0.15, -0.1) is 0 Å². The molecule has 1 saturated heterocycles. The van der Waals surface area contributed by atoms with E-state index in [1.54, 1.807) is 24.3 Å². The highest BCUT2D eigenvalue weighted by Crippen LogP contribution is 2.46. The molecule has 0 radical (unpaired) electrons. The van der Waals surface area contributed by atoms with Crippen molar-refractivity contribution in [2.24, 2.45) is 0 Å². The summed E-state index contributed by atoms with van der Waals surface area (Å²) in [4.78, 5) is 23.9. The molecule has 1 atom stereocenters. The number of fused-ring (bicyclic) bond motifs is 1. The molecule has 3 rings (SSSR count). The Morgan fingerprint density at radius 2 is 2.11 bits per heavy atom. The topological polar surface area (TPSA) is 66.8 Å². The predicted octanol–water partition coefficient (Wildman–Crippen LogP) is 1.62. The molecule has 0 bridgehead atoms. The average Bonchev–Trinajstić information content (AvgIpc) is 2.63. The van der Waals surface area contributed by atoms with Crippen molar-refractivity contribution in [3.63, 3.8) is 0 Å². The summed E-state index contributed by atoms with van der Waals surface area (Å²) in [6, 6.07) is 8.93. The predicted molar refractivity (Wildman–Crippen MR) is 64.6 cm³/mol. The van der Waals surface area contributed by atoms with Gasteiger partial charge in [0.15, 0.2) is 10.8 Å². The van der Waals surface area contributed by atoms with Crippen LogP contribution in [0.3, 0.4) is 0 Å². The second-order valence-electron chi connectivity index (χ2n) is 3.90. The van der Waals surface area contributed by atoms with Crippen molar-refractivity contribution in [3.8, 4) is 5.75 Å². The van der Waals surface area contributed by atoms with Gasteiger partial charge in [0.2, 0.25) is 5.91 Å². The molecule has 0 saturated carbocycles. The maximum absolute atomic E-state index is 11.4. The monoisotopic (exact) mass is 263 g/mol. The molecule has 0 aromatic heterocycles. The number of aliphatic carboxylic acids is 1. The number of carbonyl (C=O) groups is 2. The van der Waals surface area contributed by atoms with E-state index in [-0.39, 0.29) is 22.1 Å². The normalized spacial score (nSPS) is 21.7. The number of benzene rings is 1. The molecule has 1 unspecified atom stereocenters. The van der Waals surface area contributed by atoms with E-state index in [9.17, 15) is 9.59 Å². The first-order chi connectivity index (χ1) is 8.66. The molecule has 18 heavy (non-hydrogen) atoms. The first kappa shape index (κ1) is 11.2. The Morgan fingerprint density at radius 3 is 2.72 bits per heavy atom. The fourth-order valence-corrected chi connectivity index (χ4v) is 3.13. The van der Waals surface area contributed by atoms with E-state index >= 15 is 0 Å². The molecular weight excluding hydrogens is 254 g/mol. The van der Waals surface area contributed by atoms with Crippen LogP contribution in [0.1, 0.15) is 6.42 Å². The number of rotatable bonds is 3. The quantitative estimate of drug-likeness (QED) is 0.839. The zero-order valence-corrected chi connectivity index (χ0v) is 10.0. The smallest absolute Gasteiger partial charge is 0.357 e. The van der Waals surface area contributed by atoms with Crippen LogP contribution in [0.4, 0.5) is 0 Å². The van der Waals surface area contributed by atoms with E-state index in [2.05, 4.69) is 0 Å². The average molecular weight is 263 g/mol. The van der Waals surface area contributed by atoms with Crippen LogP contribution in [0.5, 0.6) is 5.75 Å². The van der Waals surface area contributed by atoms with Crippen LogP contribution in [-0.4, -0.2) is 27.3 Å². The van der Waals surface area contributed by atoms with Crippen LogP contribution in [0, 0.1) is 0 Å². The van der Waals surface area contributed by atoms with E-state index in [1.807, 2.05) is 6.07 Å². The number of ether oxygens (including phenoxy) is 1. The van der Waals surface area contributed by atoms with Crippen molar-refractivity contribution in [2.75, 3.05) is 0 Å². The van der Waals surface area contributed by atoms with Crippen molar-refractivity contribution in [2.45, 2.75) is 11.8 Å². The third-order valence-electron chi connectivity index (χ3n) is 2.74. The van der Waals surface area contributed by atoms with Gasteiger partial charge >= 0.3 is 5.97 Å². The number of carboxylic acids is 1. The number of thioether (sulfide) groups is 1.